The Kier molecular flexibility index (Phi) is 14.2. The molecule has 3 N–H and O–H groups in total. The minimum Gasteiger partial charge on any atom is -0.395 e. The van der Waals surface area contributed by atoms with Gasteiger partial charge in [-0.2, -0.15) is 0 Å². The SMILES string of the molecule is CN(CCO)c1ncc(C=O)cn1.CNCCO.O=Cc1cnc(Cl)nc1. The minimum atomic E-state index is 0.0509. The fraction of sp³-hybridized carbons (Fsp3) is 0.375. The van der Waals surface area contributed by atoms with Gasteiger partial charge in [0.2, 0.25) is 11.2 Å². The van der Waals surface area contributed by atoms with Gasteiger partial charge in [-0.05, 0) is 18.6 Å². The van der Waals surface area contributed by atoms with E-state index in [1.807, 2.05) is 0 Å². The summed E-state index contributed by atoms with van der Waals surface area (Å²) in [7, 11) is 3.57. The van der Waals surface area contributed by atoms with Gasteiger partial charge in [-0.3, -0.25) is 9.59 Å². The number of nitrogens with one attached hydrogen (secondary N) is 1. The number of aromatic nitrogens is 4. The fourth-order valence-corrected chi connectivity index (χ4v) is 1.43. The first kappa shape index (κ1) is 24.5. The molecule has 148 valence electrons. The van der Waals surface area contributed by atoms with Gasteiger partial charge in [-0.1, -0.05) is 0 Å². The summed E-state index contributed by atoms with van der Waals surface area (Å²) in [5, 5.41) is 19.6. The molecule has 0 amide bonds. The van der Waals surface area contributed by atoms with Crippen molar-refractivity contribution < 1.29 is 19.8 Å². The summed E-state index contributed by atoms with van der Waals surface area (Å²) in [5.41, 5.74) is 0.876. The van der Waals surface area contributed by atoms with E-state index in [0.29, 0.717) is 42.7 Å². The van der Waals surface area contributed by atoms with Crippen LogP contribution >= 0.6 is 11.6 Å². The standard InChI is InChI=1S/C8H11N3O2.C5H3ClN2O.C3H9NO/c1-11(2-3-12)8-9-4-7(6-13)5-10-8;6-5-7-1-4(3-9)2-8-5;1-4-2-3-5/h4-6,12H,2-3H2,1H3;1-3H;4-5H,2-3H2,1H3. The predicted molar refractivity (Wildman–Crippen MR) is 101 cm³/mol. The number of hydrogen-bond acceptors (Lipinski definition) is 10. The molecule has 2 aromatic rings. The molecule has 2 rings (SSSR count). The lowest BCUT2D eigenvalue weighted by Crippen LogP contribution is -2.23. The molecule has 0 unspecified atom stereocenters. The monoisotopic (exact) mass is 398 g/mol. The largest absolute Gasteiger partial charge is 0.395 e. The molecule has 0 saturated carbocycles. The Hall–Kier alpha value is -2.53. The first-order chi connectivity index (χ1) is 13.0. The van der Waals surface area contributed by atoms with E-state index < -0.39 is 0 Å². The maximum absolute atomic E-state index is 10.3. The van der Waals surface area contributed by atoms with Gasteiger partial charge in [-0.15, -0.1) is 0 Å². The molecule has 10 nitrogen and oxygen atoms in total. The molecule has 0 bridgehead atoms. The Morgan fingerprint density at radius 2 is 1.48 bits per heavy atom. The van der Waals surface area contributed by atoms with Gasteiger partial charge in [0.15, 0.2) is 12.6 Å². The van der Waals surface area contributed by atoms with Crippen molar-refractivity contribution in [2.45, 2.75) is 0 Å². The van der Waals surface area contributed by atoms with E-state index >= 15 is 0 Å². The van der Waals surface area contributed by atoms with Crippen molar-refractivity contribution in [3.8, 4) is 0 Å². The normalized spacial score (nSPS) is 9.22. The molecule has 11 heteroatoms. The summed E-state index contributed by atoms with van der Waals surface area (Å²) in [4.78, 5) is 37.0. The second kappa shape index (κ2) is 15.7. The second-order valence-corrected chi connectivity index (χ2v) is 5.15. The average molecular weight is 399 g/mol. The van der Waals surface area contributed by atoms with Crippen molar-refractivity contribution in [3.63, 3.8) is 0 Å². The Morgan fingerprint density at radius 3 is 1.81 bits per heavy atom. The maximum atomic E-state index is 10.3. The van der Waals surface area contributed by atoms with Crippen LogP contribution in [-0.4, -0.2) is 83.1 Å². The summed E-state index contributed by atoms with van der Waals surface area (Å²) < 4.78 is 0. The number of halogens is 1. The number of carbonyl (C=O) groups excluding carboxylic acids is 2. The molecule has 0 fully saturated rings. The van der Waals surface area contributed by atoms with Crippen LogP contribution in [0.25, 0.3) is 0 Å². The molecule has 0 atom stereocenters. The average Bonchev–Trinajstić information content (AvgIpc) is 2.70. The van der Waals surface area contributed by atoms with E-state index in [9.17, 15) is 9.59 Å². The molecule has 0 aromatic carbocycles. The van der Waals surface area contributed by atoms with Crippen molar-refractivity contribution in [2.24, 2.45) is 0 Å². The third-order valence-electron chi connectivity index (χ3n) is 2.71. The Morgan fingerprint density at radius 1 is 1.00 bits per heavy atom. The van der Waals surface area contributed by atoms with Crippen LogP contribution in [-0.2, 0) is 0 Å². The highest BCUT2D eigenvalue weighted by Crippen LogP contribution is 2.02. The van der Waals surface area contributed by atoms with E-state index in [-0.39, 0.29) is 18.5 Å². The summed E-state index contributed by atoms with van der Waals surface area (Å²) in [5.74, 6) is 0.500. The summed E-state index contributed by atoms with van der Waals surface area (Å²) in [6.45, 7) is 1.45. The number of carbonyl (C=O) groups is 2. The van der Waals surface area contributed by atoms with Crippen LogP contribution < -0.4 is 10.2 Å². The van der Waals surface area contributed by atoms with Gasteiger partial charge in [0.05, 0.1) is 24.3 Å². The van der Waals surface area contributed by atoms with Crippen molar-refractivity contribution >= 4 is 30.1 Å². The predicted octanol–water partition coefficient (Wildman–Crippen LogP) is -0.142. The van der Waals surface area contributed by atoms with Crippen LogP contribution in [0.2, 0.25) is 5.28 Å². The third-order valence-corrected chi connectivity index (χ3v) is 2.90. The van der Waals surface area contributed by atoms with Crippen molar-refractivity contribution in [1.29, 1.82) is 0 Å². The van der Waals surface area contributed by atoms with E-state index in [0.717, 1.165) is 0 Å². The quantitative estimate of drug-likeness (QED) is 0.426. The number of aliphatic hydroxyl groups is 2. The van der Waals surface area contributed by atoms with Gasteiger partial charge in [0, 0.05) is 44.9 Å². The van der Waals surface area contributed by atoms with E-state index in [1.54, 1.807) is 19.0 Å². The fourth-order valence-electron chi connectivity index (χ4n) is 1.33. The Bertz CT molecular complexity index is 640. The number of nitrogens with zero attached hydrogens (tertiary/aromatic N) is 5. The van der Waals surface area contributed by atoms with Gasteiger partial charge in [-0.25, -0.2) is 19.9 Å². The van der Waals surface area contributed by atoms with Crippen molar-refractivity contribution in [1.82, 2.24) is 25.3 Å². The van der Waals surface area contributed by atoms with Gasteiger partial charge in [0.25, 0.3) is 0 Å². The van der Waals surface area contributed by atoms with E-state index in [1.165, 1.54) is 24.8 Å². The summed E-state index contributed by atoms with van der Waals surface area (Å²) in [6.07, 6.45) is 6.98. The zero-order chi connectivity index (χ0) is 20.5. The highest BCUT2D eigenvalue weighted by Gasteiger charge is 2.02. The number of rotatable bonds is 7. The van der Waals surface area contributed by atoms with Gasteiger partial charge >= 0.3 is 0 Å². The first-order valence-electron chi connectivity index (χ1n) is 7.79. The van der Waals surface area contributed by atoms with Crippen LogP contribution in [0.15, 0.2) is 24.8 Å². The topological polar surface area (TPSA) is 141 Å². The lowest BCUT2D eigenvalue weighted by atomic mass is 10.4. The third kappa shape index (κ3) is 11.7. The molecule has 2 heterocycles. The van der Waals surface area contributed by atoms with Crippen LogP contribution in [0.3, 0.4) is 0 Å². The lowest BCUT2D eigenvalue weighted by Gasteiger charge is -2.14. The number of anilines is 1. The molecule has 0 spiro atoms. The highest BCUT2D eigenvalue weighted by atomic mass is 35.5. The number of aliphatic hydroxyl groups excluding tert-OH is 2. The van der Waals surface area contributed by atoms with Crippen LogP contribution in [0, 0.1) is 0 Å². The summed E-state index contributed by atoms with van der Waals surface area (Å²) in [6, 6.07) is 0. The maximum Gasteiger partial charge on any atom is 0.225 e. The lowest BCUT2D eigenvalue weighted by molar-refractivity contribution is 0.111. The molecular weight excluding hydrogens is 376 g/mol. The van der Waals surface area contributed by atoms with E-state index in [2.05, 4.69) is 25.3 Å². The number of aldehydes is 2. The second-order valence-electron chi connectivity index (χ2n) is 4.81. The molecule has 0 saturated heterocycles. The van der Waals surface area contributed by atoms with Crippen LogP contribution in [0.1, 0.15) is 20.7 Å². The van der Waals surface area contributed by atoms with Crippen LogP contribution in [0.5, 0.6) is 0 Å². The van der Waals surface area contributed by atoms with Crippen molar-refractivity contribution in [2.75, 3.05) is 45.3 Å². The molecule has 0 aliphatic carbocycles. The first-order valence-corrected chi connectivity index (χ1v) is 8.17. The van der Waals surface area contributed by atoms with Gasteiger partial charge in [0.1, 0.15) is 0 Å². The molecule has 0 radical (unpaired) electrons. The van der Waals surface area contributed by atoms with Crippen LogP contribution in [0.4, 0.5) is 5.95 Å². The molecule has 27 heavy (non-hydrogen) atoms. The number of hydrogen-bond donors (Lipinski definition) is 3. The molecular formula is C16H23ClN6O4. The molecule has 2 aromatic heterocycles. The molecule has 0 aliphatic rings. The van der Waals surface area contributed by atoms with Crippen molar-refractivity contribution in [3.05, 3.63) is 41.2 Å². The number of likely N-dealkylation sites (N-methyl/N-ethyl adjacent to an activating group) is 2. The van der Waals surface area contributed by atoms with E-state index in [4.69, 9.17) is 21.8 Å². The zero-order valence-corrected chi connectivity index (χ0v) is 15.9. The Labute approximate surface area is 162 Å². The highest BCUT2D eigenvalue weighted by molar-refractivity contribution is 6.28. The zero-order valence-electron chi connectivity index (χ0n) is 15.1. The van der Waals surface area contributed by atoms with Gasteiger partial charge < -0.3 is 20.4 Å². The molecule has 0 aliphatic heterocycles. The smallest absolute Gasteiger partial charge is 0.225 e. The summed E-state index contributed by atoms with van der Waals surface area (Å²) >= 11 is 5.33. The minimum absolute atomic E-state index is 0.0509. The Balaban J connectivity index is 0.000000419.